The maximum atomic E-state index is 12.0. The standard InChI is InChI=1S/C19H14N2O4/c22-19(20-18-9-10-24-21-18)17-8-7-16(25-17)12-23-15-6-5-13-3-1-2-4-14(13)11-15/h1-11H,12H2,(H,20,21,22). The Morgan fingerprint density at radius 3 is 2.76 bits per heavy atom. The average molecular weight is 334 g/mol. The van der Waals surface area contributed by atoms with Crippen LogP contribution in [-0.2, 0) is 6.61 Å². The number of anilines is 1. The van der Waals surface area contributed by atoms with Crippen LogP contribution in [0.2, 0.25) is 0 Å². The molecule has 4 rings (SSSR count). The van der Waals surface area contributed by atoms with Crippen molar-refractivity contribution >= 4 is 22.5 Å². The second-order valence-corrected chi connectivity index (χ2v) is 5.40. The highest BCUT2D eigenvalue weighted by Gasteiger charge is 2.13. The Hall–Kier alpha value is -3.54. The molecule has 0 fully saturated rings. The number of hydrogen-bond acceptors (Lipinski definition) is 5. The maximum absolute atomic E-state index is 12.0. The number of ether oxygens (including phenoxy) is 1. The van der Waals surface area contributed by atoms with E-state index in [1.165, 1.54) is 6.26 Å². The van der Waals surface area contributed by atoms with Gasteiger partial charge in [0.25, 0.3) is 5.91 Å². The van der Waals surface area contributed by atoms with Crippen molar-refractivity contribution in [3.8, 4) is 5.75 Å². The minimum atomic E-state index is -0.397. The molecule has 2 aromatic carbocycles. The zero-order valence-electron chi connectivity index (χ0n) is 13.1. The van der Waals surface area contributed by atoms with E-state index in [2.05, 4.69) is 15.0 Å². The molecule has 2 aromatic heterocycles. The highest BCUT2D eigenvalue weighted by Crippen LogP contribution is 2.22. The van der Waals surface area contributed by atoms with E-state index in [9.17, 15) is 4.79 Å². The van der Waals surface area contributed by atoms with Crippen LogP contribution in [-0.4, -0.2) is 11.1 Å². The molecule has 0 saturated heterocycles. The second kappa shape index (κ2) is 6.52. The third-order valence-electron chi connectivity index (χ3n) is 3.67. The highest BCUT2D eigenvalue weighted by atomic mass is 16.5. The van der Waals surface area contributed by atoms with Crippen molar-refractivity contribution in [2.24, 2.45) is 0 Å². The predicted molar refractivity (Wildman–Crippen MR) is 91.4 cm³/mol. The molecule has 0 bridgehead atoms. The lowest BCUT2D eigenvalue weighted by atomic mass is 10.1. The van der Waals surface area contributed by atoms with Crippen LogP contribution >= 0.6 is 0 Å². The van der Waals surface area contributed by atoms with Gasteiger partial charge in [-0.05, 0) is 35.0 Å². The summed E-state index contributed by atoms with van der Waals surface area (Å²) < 4.78 is 15.9. The topological polar surface area (TPSA) is 77.5 Å². The summed E-state index contributed by atoms with van der Waals surface area (Å²) in [5.74, 6) is 1.41. The quantitative estimate of drug-likeness (QED) is 0.590. The number of nitrogens with zero attached hydrogens (tertiary/aromatic N) is 1. The molecule has 124 valence electrons. The normalized spacial score (nSPS) is 10.7. The van der Waals surface area contributed by atoms with Crippen molar-refractivity contribution in [1.29, 1.82) is 0 Å². The zero-order valence-corrected chi connectivity index (χ0v) is 13.1. The van der Waals surface area contributed by atoms with Crippen molar-refractivity contribution in [2.75, 3.05) is 5.32 Å². The minimum absolute atomic E-state index is 0.181. The first-order valence-electron chi connectivity index (χ1n) is 7.70. The van der Waals surface area contributed by atoms with Crippen LogP contribution in [0.25, 0.3) is 10.8 Å². The van der Waals surface area contributed by atoms with Gasteiger partial charge < -0.3 is 19.0 Å². The van der Waals surface area contributed by atoms with Gasteiger partial charge in [0.1, 0.15) is 24.4 Å². The van der Waals surface area contributed by atoms with E-state index in [-0.39, 0.29) is 12.4 Å². The van der Waals surface area contributed by atoms with E-state index < -0.39 is 5.91 Å². The highest BCUT2D eigenvalue weighted by molar-refractivity contribution is 6.01. The zero-order chi connectivity index (χ0) is 17.1. The molecule has 0 saturated carbocycles. The molecule has 0 atom stereocenters. The lowest BCUT2D eigenvalue weighted by Crippen LogP contribution is -2.10. The number of rotatable bonds is 5. The molecule has 0 spiro atoms. The summed E-state index contributed by atoms with van der Waals surface area (Å²) in [7, 11) is 0. The van der Waals surface area contributed by atoms with Gasteiger partial charge in [-0.2, -0.15) is 0 Å². The van der Waals surface area contributed by atoms with Crippen LogP contribution in [0.1, 0.15) is 16.3 Å². The van der Waals surface area contributed by atoms with Gasteiger partial charge in [-0.1, -0.05) is 35.5 Å². The third-order valence-corrected chi connectivity index (χ3v) is 3.67. The summed E-state index contributed by atoms with van der Waals surface area (Å²) in [6, 6.07) is 18.8. The number of benzene rings is 2. The van der Waals surface area contributed by atoms with Crippen LogP contribution in [0.3, 0.4) is 0 Å². The van der Waals surface area contributed by atoms with Crippen LogP contribution < -0.4 is 10.1 Å². The predicted octanol–water partition coefficient (Wildman–Crippen LogP) is 4.25. The number of nitrogens with one attached hydrogen (secondary N) is 1. The number of amides is 1. The number of carbonyl (C=O) groups excluding carboxylic acids is 1. The van der Waals surface area contributed by atoms with Crippen molar-refractivity contribution in [1.82, 2.24) is 5.16 Å². The van der Waals surface area contributed by atoms with Gasteiger partial charge in [-0.25, -0.2) is 0 Å². The number of aromatic nitrogens is 1. The van der Waals surface area contributed by atoms with Crippen LogP contribution in [0, 0.1) is 0 Å². The van der Waals surface area contributed by atoms with Gasteiger partial charge in [-0.3, -0.25) is 4.79 Å². The lowest BCUT2D eigenvalue weighted by Gasteiger charge is -2.05. The molecule has 2 heterocycles. The molecule has 6 nitrogen and oxygen atoms in total. The van der Waals surface area contributed by atoms with Gasteiger partial charge in [-0.15, -0.1) is 0 Å². The van der Waals surface area contributed by atoms with Gasteiger partial charge in [0.15, 0.2) is 11.6 Å². The summed E-state index contributed by atoms with van der Waals surface area (Å²) in [6.45, 7) is 0.232. The Bertz CT molecular complexity index is 1010. The molecule has 0 aliphatic carbocycles. The van der Waals surface area contributed by atoms with Gasteiger partial charge in [0.2, 0.25) is 0 Å². The molecular formula is C19H14N2O4. The summed E-state index contributed by atoms with van der Waals surface area (Å²) in [5, 5.41) is 8.44. The van der Waals surface area contributed by atoms with Gasteiger partial charge in [0, 0.05) is 6.07 Å². The molecule has 0 aliphatic rings. The third kappa shape index (κ3) is 3.37. The Balaban J connectivity index is 1.41. The second-order valence-electron chi connectivity index (χ2n) is 5.40. The molecule has 25 heavy (non-hydrogen) atoms. The molecule has 1 amide bonds. The maximum Gasteiger partial charge on any atom is 0.292 e. The molecule has 6 heteroatoms. The number of fused-ring (bicyclic) bond motifs is 1. The van der Waals surface area contributed by atoms with Crippen LogP contribution in [0.5, 0.6) is 5.75 Å². The van der Waals surface area contributed by atoms with E-state index in [0.717, 1.165) is 16.5 Å². The van der Waals surface area contributed by atoms with Crippen molar-refractivity contribution in [2.45, 2.75) is 6.61 Å². The molecule has 4 aromatic rings. The minimum Gasteiger partial charge on any atom is -0.486 e. The molecule has 1 N–H and O–H groups in total. The average Bonchev–Trinajstić information content (AvgIpc) is 3.31. The van der Waals surface area contributed by atoms with E-state index in [4.69, 9.17) is 9.15 Å². The Labute approximate surface area is 143 Å². The first kappa shape index (κ1) is 15.0. The van der Waals surface area contributed by atoms with E-state index in [1.54, 1.807) is 18.2 Å². The Morgan fingerprint density at radius 2 is 1.92 bits per heavy atom. The largest absolute Gasteiger partial charge is 0.486 e. The van der Waals surface area contributed by atoms with Crippen LogP contribution in [0.4, 0.5) is 5.82 Å². The SMILES string of the molecule is O=C(Nc1ccon1)c1ccc(COc2ccc3ccccc3c2)o1. The van der Waals surface area contributed by atoms with E-state index in [0.29, 0.717) is 11.6 Å². The number of hydrogen-bond donors (Lipinski definition) is 1. The van der Waals surface area contributed by atoms with Gasteiger partial charge in [0.05, 0.1) is 0 Å². The fourth-order valence-electron chi connectivity index (χ4n) is 2.44. The number of carbonyl (C=O) groups is 1. The Kier molecular flexibility index (Phi) is 3.92. The first-order valence-corrected chi connectivity index (χ1v) is 7.70. The first-order chi connectivity index (χ1) is 12.3. The number of furan rings is 1. The van der Waals surface area contributed by atoms with Crippen molar-refractivity contribution in [3.63, 3.8) is 0 Å². The Morgan fingerprint density at radius 1 is 1.04 bits per heavy atom. The fourth-order valence-corrected chi connectivity index (χ4v) is 2.44. The molecule has 0 radical (unpaired) electrons. The monoisotopic (exact) mass is 334 g/mol. The summed E-state index contributed by atoms with van der Waals surface area (Å²) in [4.78, 5) is 12.0. The van der Waals surface area contributed by atoms with Crippen LogP contribution in [0.15, 0.2) is 75.9 Å². The lowest BCUT2D eigenvalue weighted by molar-refractivity contribution is 0.0991. The van der Waals surface area contributed by atoms with Crippen molar-refractivity contribution in [3.05, 3.63) is 78.4 Å². The summed E-state index contributed by atoms with van der Waals surface area (Å²) in [5.41, 5.74) is 0. The van der Waals surface area contributed by atoms with E-state index in [1.807, 2.05) is 42.5 Å². The summed E-state index contributed by atoms with van der Waals surface area (Å²) >= 11 is 0. The fraction of sp³-hybridized carbons (Fsp3) is 0.0526. The summed E-state index contributed by atoms with van der Waals surface area (Å²) in [6.07, 6.45) is 1.38. The van der Waals surface area contributed by atoms with Crippen molar-refractivity contribution < 1.29 is 18.5 Å². The van der Waals surface area contributed by atoms with E-state index >= 15 is 0 Å². The van der Waals surface area contributed by atoms with Gasteiger partial charge >= 0.3 is 0 Å². The molecular weight excluding hydrogens is 320 g/mol. The molecule has 0 unspecified atom stereocenters. The molecule has 0 aliphatic heterocycles. The smallest absolute Gasteiger partial charge is 0.292 e.